The largest absolute Gasteiger partial charge is 0.396 e. The fourth-order valence-corrected chi connectivity index (χ4v) is 7.78. The standard InChI is InChI=1S/C35H41N3O5/c1-24-14-11-15-25(2)29(24)37-22-13-19-35-28(32(41)38(30(35)33(37)42)20-9-4-5-10-23-39)27-31(40)36(26-16-7-6-8-17-26)21-12-18-34(27,3)43-35/h6-8,11-19,27-28,30,39H,4-5,9-10,20-23H2,1-3H3/t27-,28+,30?,34+,35+/m1/s1. The first-order valence-electron chi connectivity index (χ1n) is 15.4. The summed E-state index contributed by atoms with van der Waals surface area (Å²) in [5, 5.41) is 9.24. The number of anilines is 2. The number of aliphatic hydroxyl groups excluding tert-OH is 1. The van der Waals surface area contributed by atoms with Crippen LogP contribution in [0.5, 0.6) is 0 Å². The van der Waals surface area contributed by atoms with E-state index in [1.807, 2.05) is 93.6 Å². The number of likely N-dealkylation sites (tertiary alicyclic amines) is 1. The minimum absolute atomic E-state index is 0.131. The summed E-state index contributed by atoms with van der Waals surface area (Å²) in [7, 11) is 0. The SMILES string of the molecule is Cc1cccc(C)c1N1CC=C[C@]23O[C@@]4(C)C=CCN(c5ccccc5)C(=O)[C@H]4[C@H]2C(=O)N(CCCCCCO)C3C1=O. The van der Waals surface area contributed by atoms with E-state index in [9.17, 15) is 19.5 Å². The Balaban J connectivity index is 1.44. The van der Waals surface area contributed by atoms with Crippen molar-refractivity contribution in [2.24, 2.45) is 11.8 Å². The fraction of sp³-hybridized carbons (Fsp3) is 0.457. The summed E-state index contributed by atoms with van der Waals surface area (Å²) in [5.74, 6) is -2.22. The molecule has 1 unspecified atom stereocenters. The van der Waals surface area contributed by atoms with Crippen LogP contribution >= 0.6 is 0 Å². The summed E-state index contributed by atoms with van der Waals surface area (Å²) in [6, 6.07) is 14.6. The van der Waals surface area contributed by atoms with Gasteiger partial charge in [-0.25, -0.2) is 0 Å². The number of aliphatic hydroxyl groups is 1. The first kappa shape index (κ1) is 29.3. The smallest absolute Gasteiger partial charge is 0.253 e. The molecule has 0 aliphatic carbocycles. The van der Waals surface area contributed by atoms with E-state index >= 15 is 0 Å². The van der Waals surface area contributed by atoms with E-state index in [1.54, 1.807) is 14.7 Å². The van der Waals surface area contributed by atoms with Gasteiger partial charge in [0.25, 0.3) is 5.91 Å². The Morgan fingerprint density at radius 2 is 1.47 bits per heavy atom. The number of rotatable bonds is 8. The van der Waals surface area contributed by atoms with Crippen LogP contribution in [-0.4, -0.2) is 71.2 Å². The van der Waals surface area contributed by atoms with Crippen molar-refractivity contribution in [3.63, 3.8) is 0 Å². The lowest BCUT2D eigenvalue weighted by atomic mass is 9.74. The van der Waals surface area contributed by atoms with E-state index < -0.39 is 29.1 Å². The van der Waals surface area contributed by atoms with Crippen molar-refractivity contribution < 1.29 is 24.2 Å². The molecule has 4 aliphatic heterocycles. The second kappa shape index (κ2) is 11.4. The molecule has 0 saturated carbocycles. The molecule has 4 heterocycles. The van der Waals surface area contributed by atoms with E-state index in [-0.39, 0.29) is 24.3 Å². The van der Waals surface area contributed by atoms with Gasteiger partial charge in [-0.05, 0) is 56.9 Å². The highest BCUT2D eigenvalue weighted by Crippen LogP contribution is 2.58. The van der Waals surface area contributed by atoms with Crippen molar-refractivity contribution in [2.75, 3.05) is 36.0 Å². The molecule has 8 heteroatoms. The second-order valence-electron chi connectivity index (χ2n) is 12.4. The topological polar surface area (TPSA) is 90.4 Å². The van der Waals surface area contributed by atoms with Gasteiger partial charge in [-0.1, -0.05) is 73.5 Å². The quantitative estimate of drug-likeness (QED) is 0.369. The highest BCUT2D eigenvalue weighted by atomic mass is 16.5. The van der Waals surface area contributed by atoms with Gasteiger partial charge in [0.05, 0.1) is 17.4 Å². The van der Waals surface area contributed by atoms with Gasteiger partial charge in [-0.2, -0.15) is 0 Å². The molecule has 1 N–H and O–H groups in total. The van der Waals surface area contributed by atoms with Crippen molar-refractivity contribution in [2.45, 2.75) is 63.7 Å². The molecular weight excluding hydrogens is 542 g/mol. The zero-order chi connectivity index (χ0) is 30.4. The molecule has 3 amide bonds. The Bertz CT molecular complexity index is 1450. The van der Waals surface area contributed by atoms with E-state index in [0.717, 1.165) is 35.3 Å². The van der Waals surface area contributed by atoms with Gasteiger partial charge in [-0.15, -0.1) is 0 Å². The lowest BCUT2D eigenvalue weighted by Crippen LogP contribution is -2.56. The zero-order valence-electron chi connectivity index (χ0n) is 25.2. The summed E-state index contributed by atoms with van der Waals surface area (Å²) in [5.41, 5.74) is 1.22. The number of para-hydroxylation sites is 2. The highest BCUT2D eigenvalue weighted by molar-refractivity contribution is 6.08. The number of ether oxygens (including phenoxy) is 1. The number of fused-ring (bicyclic) bond motifs is 2. The summed E-state index contributed by atoms with van der Waals surface area (Å²) in [6.45, 7) is 7.10. The minimum atomic E-state index is -1.29. The van der Waals surface area contributed by atoms with Crippen LogP contribution in [0.25, 0.3) is 0 Å². The number of benzene rings is 2. The average Bonchev–Trinajstić information content (AvgIpc) is 3.25. The lowest BCUT2D eigenvalue weighted by Gasteiger charge is -2.38. The average molecular weight is 584 g/mol. The maximum absolute atomic E-state index is 14.8. The number of amides is 3. The van der Waals surface area contributed by atoms with Gasteiger partial charge in [0.2, 0.25) is 11.8 Å². The Morgan fingerprint density at radius 3 is 2.19 bits per heavy atom. The van der Waals surface area contributed by atoms with Gasteiger partial charge in [0.15, 0.2) is 0 Å². The number of hydrogen-bond donors (Lipinski definition) is 1. The molecular formula is C35H41N3O5. The zero-order valence-corrected chi connectivity index (χ0v) is 25.2. The van der Waals surface area contributed by atoms with Crippen LogP contribution in [0.4, 0.5) is 11.4 Å². The minimum Gasteiger partial charge on any atom is -0.396 e. The molecule has 8 nitrogen and oxygen atoms in total. The molecule has 226 valence electrons. The van der Waals surface area contributed by atoms with Crippen LogP contribution in [0.2, 0.25) is 0 Å². The van der Waals surface area contributed by atoms with Crippen LogP contribution < -0.4 is 9.80 Å². The summed E-state index contributed by atoms with van der Waals surface area (Å²) >= 11 is 0. The van der Waals surface area contributed by atoms with Crippen LogP contribution in [0, 0.1) is 25.7 Å². The van der Waals surface area contributed by atoms with Crippen molar-refractivity contribution in [1.29, 1.82) is 0 Å². The predicted molar refractivity (Wildman–Crippen MR) is 166 cm³/mol. The molecule has 2 aromatic rings. The van der Waals surface area contributed by atoms with Crippen molar-refractivity contribution in [3.8, 4) is 0 Å². The third-order valence-corrected chi connectivity index (χ3v) is 9.64. The normalized spacial score (nSPS) is 29.9. The molecule has 43 heavy (non-hydrogen) atoms. The molecule has 2 fully saturated rings. The number of carbonyl (C=O) groups excluding carboxylic acids is 3. The van der Waals surface area contributed by atoms with Gasteiger partial charge < -0.3 is 24.5 Å². The van der Waals surface area contributed by atoms with E-state index in [1.165, 1.54) is 0 Å². The predicted octanol–water partition coefficient (Wildman–Crippen LogP) is 4.33. The Morgan fingerprint density at radius 1 is 0.791 bits per heavy atom. The van der Waals surface area contributed by atoms with E-state index in [4.69, 9.17) is 4.74 Å². The highest BCUT2D eigenvalue weighted by Gasteiger charge is 2.74. The summed E-state index contributed by atoms with van der Waals surface area (Å²) in [6.07, 6.45) is 10.8. The molecule has 0 aromatic heterocycles. The number of nitrogens with zero attached hydrogens (tertiary/aromatic N) is 3. The molecule has 4 aliphatic rings. The second-order valence-corrected chi connectivity index (χ2v) is 12.4. The molecule has 1 spiro atoms. The van der Waals surface area contributed by atoms with Crippen molar-refractivity contribution in [3.05, 3.63) is 84.0 Å². The van der Waals surface area contributed by atoms with Crippen molar-refractivity contribution >= 4 is 29.1 Å². The fourth-order valence-electron chi connectivity index (χ4n) is 7.78. The first-order chi connectivity index (χ1) is 20.7. The number of hydrogen-bond acceptors (Lipinski definition) is 5. The van der Waals surface area contributed by atoms with E-state index in [0.29, 0.717) is 32.5 Å². The maximum atomic E-state index is 14.8. The maximum Gasteiger partial charge on any atom is 0.253 e. The van der Waals surface area contributed by atoms with Gasteiger partial charge >= 0.3 is 0 Å². The molecule has 0 radical (unpaired) electrons. The van der Waals surface area contributed by atoms with Gasteiger partial charge in [-0.3, -0.25) is 14.4 Å². The third kappa shape index (κ3) is 4.71. The molecule has 0 bridgehead atoms. The molecule has 2 aromatic carbocycles. The third-order valence-electron chi connectivity index (χ3n) is 9.64. The Hall–Kier alpha value is -3.75. The van der Waals surface area contributed by atoms with Gasteiger partial charge in [0.1, 0.15) is 11.6 Å². The number of unbranched alkanes of at least 4 members (excludes halogenated alkanes) is 3. The van der Waals surface area contributed by atoms with Gasteiger partial charge in [0, 0.05) is 37.6 Å². The Labute approximate surface area is 253 Å². The lowest BCUT2D eigenvalue weighted by molar-refractivity contribution is -0.144. The van der Waals surface area contributed by atoms with Crippen LogP contribution in [0.3, 0.4) is 0 Å². The summed E-state index contributed by atoms with van der Waals surface area (Å²) < 4.78 is 6.98. The van der Waals surface area contributed by atoms with Crippen LogP contribution in [-0.2, 0) is 19.1 Å². The first-order valence-corrected chi connectivity index (χ1v) is 15.4. The summed E-state index contributed by atoms with van der Waals surface area (Å²) in [4.78, 5) is 49.0. The Kier molecular flexibility index (Phi) is 7.77. The molecule has 5 atom stereocenters. The van der Waals surface area contributed by atoms with Crippen molar-refractivity contribution in [1.82, 2.24) is 4.90 Å². The van der Waals surface area contributed by atoms with Crippen LogP contribution in [0.15, 0.2) is 72.8 Å². The number of aryl methyl sites for hydroxylation is 2. The molecule has 2 saturated heterocycles. The molecule has 6 rings (SSSR count). The van der Waals surface area contributed by atoms with E-state index in [2.05, 4.69) is 0 Å². The van der Waals surface area contributed by atoms with Crippen LogP contribution in [0.1, 0.15) is 43.7 Å². The monoisotopic (exact) mass is 583 g/mol. The number of carbonyl (C=O) groups is 3.